The molecule has 0 fully saturated rings. The van der Waals surface area contributed by atoms with Crippen molar-refractivity contribution in [3.63, 3.8) is 0 Å². The van der Waals surface area contributed by atoms with E-state index in [1.807, 2.05) is 0 Å². The molecule has 0 spiro atoms. The normalized spacial score (nSPS) is 10.5. The summed E-state index contributed by atoms with van der Waals surface area (Å²) in [6.45, 7) is 1.32. The Balaban J connectivity index is 2.54. The number of aromatic nitrogens is 1. The molecule has 0 atom stereocenters. The van der Waals surface area contributed by atoms with Crippen LogP contribution in [-0.2, 0) is 0 Å². The van der Waals surface area contributed by atoms with E-state index in [4.69, 9.17) is 16.7 Å². The van der Waals surface area contributed by atoms with Gasteiger partial charge in [0.25, 0.3) is 0 Å². The van der Waals surface area contributed by atoms with Gasteiger partial charge in [-0.1, -0.05) is 11.6 Å². The van der Waals surface area contributed by atoms with Gasteiger partial charge >= 0.3 is 5.97 Å². The number of thiophene rings is 1. The van der Waals surface area contributed by atoms with Crippen LogP contribution in [0.15, 0.2) is 12.1 Å². The first-order valence-electron chi connectivity index (χ1n) is 4.50. The number of carboxylic acids is 1. The fraction of sp³-hybridized carbons (Fsp3) is 0.100. The maximum Gasteiger partial charge on any atom is 0.356 e. The first kappa shape index (κ1) is 12.2. The maximum absolute atomic E-state index is 11.3. The molecule has 0 aliphatic heterocycles. The molecule has 1 N–H and O–H groups in total. The zero-order valence-electron chi connectivity index (χ0n) is 8.56. The molecule has 0 aliphatic carbocycles. The van der Waals surface area contributed by atoms with E-state index in [1.54, 1.807) is 12.1 Å². The Hall–Kier alpha value is -1.24. The van der Waals surface area contributed by atoms with Crippen molar-refractivity contribution in [2.24, 2.45) is 0 Å². The third kappa shape index (κ3) is 2.38. The lowest BCUT2D eigenvalue weighted by Gasteiger charge is -1.89. The van der Waals surface area contributed by atoms with Crippen molar-refractivity contribution in [2.45, 2.75) is 6.92 Å². The number of nitrogens with zero attached hydrogens (tertiary/aromatic N) is 1. The van der Waals surface area contributed by atoms with Crippen molar-refractivity contribution in [3.05, 3.63) is 27.0 Å². The Morgan fingerprint density at radius 2 is 2.06 bits per heavy atom. The maximum atomic E-state index is 11.3. The predicted molar refractivity (Wildman–Crippen MR) is 67.4 cm³/mol. The third-order valence-corrected chi connectivity index (χ3v) is 4.49. The molecular formula is C10H6ClNO3S2. The van der Waals surface area contributed by atoms with Gasteiger partial charge in [-0.25, -0.2) is 9.78 Å². The zero-order chi connectivity index (χ0) is 12.6. The average Bonchev–Trinajstić information content (AvgIpc) is 2.82. The molecular weight excluding hydrogens is 282 g/mol. The van der Waals surface area contributed by atoms with Crippen molar-refractivity contribution in [3.8, 4) is 9.88 Å². The van der Waals surface area contributed by atoms with Crippen LogP contribution in [0, 0.1) is 0 Å². The van der Waals surface area contributed by atoms with E-state index in [9.17, 15) is 9.59 Å². The minimum absolute atomic E-state index is 0.164. The largest absolute Gasteiger partial charge is 0.476 e. The number of hydrogen-bond acceptors (Lipinski definition) is 5. The molecule has 17 heavy (non-hydrogen) atoms. The van der Waals surface area contributed by atoms with Gasteiger partial charge in [-0.2, -0.15) is 0 Å². The van der Waals surface area contributed by atoms with E-state index < -0.39 is 5.97 Å². The second kappa shape index (κ2) is 4.56. The number of halogens is 1. The smallest absolute Gasteiger partial charge is 0.356 e. The van der Waals surface area contributed by atoms with Crippen molar-refractivity contribution >= 4 is 46.0 Å². The van der Waals surface area contributed by atoms with Crippen LogP contribution in [0.4, 0.5) is 0 Å². The summed E-state index contributed by atoms with van der Waals surface area (Å²) >= 11 is 8.16. The summed E-state index contributed by atoms with van der Waals surface area (Å²) in [6, 6.07) is 3.46. The Kier molecular flexibility index (Phi) is 3.28. The number of Topliss-reactive ketones (excluding diaryl/α,β-unsaturated/α-hetero) is 1. The molecule has 0 aliphatic rings. The molecule has 0 unspecified atom stereocenters. The number of rotatable bonds is 3. The number of carbonyl (C=O) groups is 2. The van der Waals surface area contributed by atoms with Gasteiger partial charge in [0.15, 0.2) is 11.5 Å². The standard InChI is InChI=1S/C10H6ClNO3S2/c1-4(13)8-7(10(14)15)12-9(17-8)5-2-3-6(11)16-5/h2-3H,1H3,(H,14,15). The minimum Gasteiger partial charge on any atom is -0.476 e. The molecule has 0 amide bonds. The Bertz CT molecular complexity index is 571. The minimum atomic E-state index is -1.19. The average molecular weight is 288 g/mol. The topological polar surface area (TPSA) is 67.3 Å². The highest BCUT2D eigenvalue weighted by atomic mass is 35.5. The van der Waals surface area contributed by atoms with E-state index in [2.05, 4.69) is 4.98 Å². The highest BCUT2D eigenvalue weighted by Gasteiger charge is 2.21. The third-order valence-electron chi connectivity index (χ3n) is 1.93. The molecule has 2 aromatic heterocycles. The second-order valence-corrected chi connectivity index (χ2v) is 5.88. The molecule has 7 heteroatoms. The highest BCUT2D eigenvalue weighted by molar-refractivity contribution is 7.24. The van der Waals surface area contributed by atoms with Gasteiger partial charge in [-0.05, 0) is 12.1 Å². The van der Waals surface area contributed by atoms with Crippen LogP contribution in [0.25, 0.3) is 9.88 Å². The molecule has 2 rings (SSSR count). The number of hydrogen-bond donors (Lipinski definition) is 1. The van der Waals surface area contributed by atoms with Crippen molar-refractivity contribution in [1.29, 1.82) is 0 Å². The van der Waals surface area contributed by atoms with Crippen LogP contribution in [-0.4, -0.2) is 21.8 Å². The van der Waals surface area contributed by atoms with Crippen LogP contribution in [0.3, 0.4) is 0 Å². The lowest BCUT2D eigenvalue weighted by atomic mass is 10.3. The summed E-state index contributed by atoms with van der Waals surface area (Å²) in [5.74, 6) is -1.49. The summed E-state index contributed by atoms with van der Waals surface area (Å²) in [5, 5.41) is 9.45. The molecule has 2 heterocycles. The monoisotopic (exact) mass is 287 g/mol. The predicted octanol–water partition coefficient (Wildman–Crippen LogP) is 3.43. The quantitative estimate of drug-likeness (QED) is 0.878. The first-order valence-corrected chi connectivity index (χ1v) is 6.51. The zero-order valence-corrected chi connectivity index (χ0v) is 10.9. The number of carboxylic acid groups (broad SMARTS) is 1. The summed E-state index contributed by atoms with van der Waals surface area (Å²) in [4.78, 5) is 27.1. The van der Waals surface area contributed by atoms with Crippen molar-refractivity contribution in [1.82, 2.24) is 4.98 Å². The van der Waals surface area contributed by atoms with Crippen LogP contribution in [0.2, 0.25) is 4.34 Å². The van der Waals surface area contributed by atoms with Crippen LogP contribution >= 0.6 is 34.3 Å². The van der Waals surface area contributed by atoms with E-state index in [0.717, 1.165) is 16.2 Å². The number of ketones is 1. The van der Waals surface area contributed by atoms with Crippen molar-refractivity contribution < 1.29 is 14.7 Å². The number of aromatic carboxylic acids is 1. The molecule has 0 bridgehead atoms. The molecule has 0 radical (unpaired) electrons. The molecule has 0 saturated heterocycles. The van der Waals surface area contributed by atoms with Gasteiger partial charge < -0.3 is 5.11 Å². The summed E-state index contributed by atoms with van der Waals surface area (Å²) < 4.78 is 0.594. The summed E-state index contributed by atoms with van der Waals surface area (Å²) in [6.07, 6.45) is 0. The molecule has 4 nitrogen and oxygen atoms in total. The summed E-state index contributed by atoms with van der Waals surface area (Å²) in [7, 11) is 0. The van der Waals surface area contributed by atoms with Crippen LogP contribution in [0.5, 0.6) is 0 Å². The Labute approximate surface area is 110 Å². The Morgan fingerprint density at radius 3 is 2.47 bits per heavy atom. The molecule has 0 saturated carbocycles. The van der Waals surface area contributed by atoms with Crippen LogP contribution < -0.4 is 0 Å². The number of thiazole rings is 1. The van der Waals surface area contributed by atoms with E-state index in [-0.39, 0.29) is 16.4 Å². The van der Waals surface area contributed by atoms with Gasteiger partial charge in [0.05, 0.1) is 9.21 Å². The van der Waals surface area contributed by atoms with Gasteiger partial charge in [-0.15, -0.1) is 22.7 Å². The van der Waals surface area contributed by atoms with E-state index >= 15 is 0 Å². The van der Waals surface area contributed by atoms with E-state index in [1.165, 1.54) is 18.3 Å². The summed E-state index contributed by atoms with van der Waals surface area (Å²) in [5.41, 5.74) is -0.193. The van der Waals surface area contributed by atoms with Crippen LogP contribution in [0.1, 0.15) is 27.1 Å². The fourth-order valence-electron chi connectivity index (χ4n) is 1.24. The Morgan fingerprint density at radius 1 is 1.35 bits per heavy atom. The van der Waals surface area contributed by atoms with Gasteiger partial charge in [-0.3, -0.25) is 4.79 Å². The fourth-order valence-corrected chi connectivity index (χ4v) is 3.29. The highest BCUT2D eigenvalue weighted by Crippen LogP contribution is 2.35. The van der Waals surface area contributed by atoms with Crippen molar-refractivity contribution in [2.75, 3.05) is 0 Å². The van der Waals surface area contributed by atoms with E-state index in [0.29, 0.717) is 9.34 Å². The lowest BCUT2D eigenvalue weighted by Crippen LogP contribution is -2.03. The van der Waals surface area contributed by atoms with Gasteiger partial charge in [0.1, 0.15) is 9.88 Å². The second-order valence-electron chi connectivity index (χ2n) is 3.16. The lowest BCUT2D eigenvalue weighted by molar-refractivity contribution is 0.0687. The molecule has 2 aromatic rings. The first-order chi connectivity index (χ1) is 7.99. The van der Waals surface area contributed by atoms with Gasteiger partial charge in [0, 0.05) is 6.92 Å². The number of carbonyl (C=O) groups excluding carboxylic acids is 1. The molecule has 88 valence electrons. The van der Waals surface area contributed by atoms with Gasteiger partial charge in [0.2, 0.25) is 0 Å². The SMILES string of the molecule is CC(=O)c1sc(-c2ccc(Cl)s2)nc1C(=O)O. The molecule has 0 aromatic carbocycles.